The Morgan fingerprint density at radius 2 is 1.77 bits per heavy atom. The van der Waals surface area contributed by atoms with Crippen LogP contribution in [0.2, 0.25) is 0 Å². The number of anilines is 1. The molecule has 0 saturated heterocycles. The molecule has 1 heterocycles. The highest BCUT2D eigenvalue weighted by atomic mass is 16.5. The normalized spacial score (nSPS) is 11.3. The number of nitrogens with one attached hydrogen (secondary N) is 1. The Bertz CT molecular complexity index is 713. The second kappa shape index (κ2) is 8.74. The van der Waals surface area contributed by atoms with Gasteiger partial charge < -0.3 is 14.0 Å². The number of rotatable bonds is 9. The van der Waals surface area contributed by atoms with E-state index in [4.69, 9.17) is 14.0 Å². The van der Waals surface area contributed by atoms with Gasteiger partial charge in [0.15, 0.2) is 0 Å². The molecular weight excluding hydrogens is 332 g/mol. The molecule has 1 N–H and O–H groups in total. The lowest BCUT2D eigenvalue weighted by molar-refractivity contribution is 0.101. The van der Waals surface area contributed by atoms with E-state index in [1.165, 1.54) is 14.2 Å². The molecule has 1 amide bonds. The number of amides is 1. The molecule has 0 aliphatic heterocycles. The zero-order valence-corrected chi connectivity index (χ0v) is 16.2. The molecule has 6 nitrogen and oxygen atoms in total. The molecular formula is C20H28N2O4. The second-order valence-electron chi connectivity index (χ2n) is 6.31. The molecule has 0 fully saturated rings. The van der Waals surface area contributed by atoms with E-state index in [2.05, 4.69) is 31.2 Å². The van der Waals surface area contributed by atoms with Crippen LogP contribution in [0.4, 0.5) is 5.88 Å². The Morgan fingerprint density at radius 1 is 1.15 bits per heavy atom. The van der Waals surface area contributed by atoms with Gasteiger partial charge in [-0.25, -0.2) is 0 Å². The summed E-state index contributed by atoms with van der Waals surface area (Å²) in [5.41, 5.74) is 1.18. The van der Waals surface area contributed by atoms with Gasteiger partial charge in [-0.15, -0.1) is 0 Å². The lowest BCUT2D eigenvalue weighted by atomic mass is 9.75. The monoisotopic (exact) mass is 360 g/mol. The molecule has 6 heteroatoms. The van der Waals surface area contributed by atoms with Gasteiger partial charge in [0.25, 0.3) is 5.91 Å². The van der Waals surface area contributed by atoms with Crippen molar-refractivity contribution in [2.75, 3.05) is 19.5 Å². The number of hydrogen-bond donors (Lipinski definition) is 1. The van der Waals surface area contributed by atoms with E-state index in [1.54, 1.807) is 18.2 Å². The number of carbonyl (C=O) groups is 1. The molecule has 1 aromatic heterocycles. The summed E-state index contributed by atoms with van der Waals surface area (Å²) in [5, 5.41) is 6.99. The summed E-state index contributed by atoms with van der Waals surface area (Å²) in [6, 6.07) is 7.01. The Kier molecular flexibility index (Phi) is 6.66. The molecule has 26 heavy (non-hydrogen) atoms. The molecule has 0 aliphatic rings. The minimum atomic E-state index is -0.365. The van der Waals surface area contributed by atoms with Crippen LogP contribution in [0.1, 0.15) is 62.5 Å². The van der Waals surface area contributed by atoms with Crippen molar-refractivity contribution in [2.45, 2.75) is 51.9 Å². The quantitative estimate of drug-likeness (QED) is 0.695. The Hall–Kier alpha value is -2.50. The summed E-state index contributed by atoms with van der Waals surface area (Å²) >= 11 is 0. The summed E-state index contributed by atoms with van der Waals surface area (Å²) in [7, 11) is 3.03. The van der Waals surface area contributed by atoms with Crippen LogP contribution in [-0.2, 0) is 5.41 Å². The molecule has 0 spiro atoms. The lowest BCUT2D eigenvalue weighted by Gasteiger charge is -2.28. The molecule has 0 aliphatic carbocycles. The third-order valence-electron chi connectivity index (χ3n) is 5.03. The number of hydrogen-bond acceptors (Lipinski definition) is 5. The molecule has 0 unspecified atom stereocenters. The number of carbonyl (C=O) groups excluding carboxylic acids is 1. The lowest BCUT2D eigenvalue weighted by Crippen LogP contribution is -2.24. The fourth-order valence-corrected chi connectivity index (χ4v) is 3.41. The van der Waals surface area contributed by atoms with Crippen molar-refractivity contribution in [3.05, 3.63) is 35.5 Å². The molecule has 0 saturated carbocycles. The maximum Gasteiger partial charge on any atom is 0.265 e. The summed E-state index contributed by atoms with van der Waals surface area (Å²) in [6.07, 6.45) is 4.03. The van der Waals surface area contributed by atoms with Gasteiger partial charge in [-0.2, -0.15) is 0 Å². The van der Waals surface area contributed by atoms with Crippen LogP contribution in [0.25, 0.3) is 0 Å². The highest BCUT2D eigenvalue weighted by molar-refractivity contribution is 6.07. The molecule has 2 rings (SSSR count). The molecule has 0 atom stereocenters. The minimum absolute atomic E-state index is 0.0244. The summed E-state index contributed by atoms with van der Waals surface area (Å²) in [4.78, 5) is 12.7. The Morgan fingerprint density at radius 3 is 2.27 bits per heavy atom. The highest BCUT2D eigenvalue weighted by Gasteiger charge is 2.31. The molecule has 142 valence electrons. The van der Waals surface area contributed by atoms with Crippen molar-refractivity contribution in [1.82, 2.24) is 5.16 Å². The first-order chi connectivity index (χ1) is 12.5. The van der Waals surface area contributed by atoms with Crippen molar-refractivity contribution in [3.63, 3.8) is 0 Å². The number of methoxy groups -OCH3 is 2. The third-order valence-corrected chi connectivity index (χ3v) is 5.03. The summed E-state index contributed by atoms with van der Waals surface area (Å²) < 4.78 is 16.0. The smallest absolute Gasteiger partial charge is 0.265 e. The van der Waals surface area contributed by atoms with E-state index >= 15 is 0 Å². The predicted molar refractivity (Wildman–Crippen MR) is 101 cm³/mol. The highest BCUT2D eigenvalue weighted by Crippen LogP contribution is 2.37. The first kappa shape index (κ1) is 19.8. The molecule has 1 aromatic carbocycles. The van der Waals surface area contributed by atoms with Gasteiger partial charge in [-0.1, -0.05) is 38.4 Å². The van der Waals surface area contributed by atoms with Crippen molar-refractivity contribution in [3.8, 4) is 11.5 Å². The number of aromatic nitrogens is 1. The average Bonchev–Trinajstić information content (AvgIpc) is 3.14. The van der Waals surface area contributed by atoms with Crippen molar-refractivity contribution >= 4 is 11.8 Å². The van der Waals surface area contributed by atoms with Crippen LogP contribution >= 0.6 is 0 Å². The van der Waals surface area contributed by atoms with E-state index in [0.717, 1.165) is 31.4 Å². The number of benzene rings is 1. The fraction of sp³-hybridized carbons (Fsp3) is 0.500. The van der Waals surface area contributed by atoms with Gasteiger partial charge in [-0.05, 0) is 31.4 Å². The fourth-order valence-electron chi connectivity index (χ4n) is 3.41. The maximum atomic E-state index is 12.7. The number of nitrogens with zero attached hydrogens (tertiary/aromatic N) is 1. The van der Waals surface area contributed by atoms with Crippen molar-refractivity contribution < 1.29 is 18.8 Å². The van der Waals surface area contributed by atoms with E-state index < -0.39 is 0 Å². The topological polar surface area (TPSA) is 73.6 Å². The summed E-state index contributed by atoms with van der Waals surface area (Å²) in [5.74, 6) is 0.824. The van der Waals surface area contributed by atoms with E-state index in [0.29, 0.717) is 22.9 Å². The maximum absolute atomic E-state index is 12.7. The van der Waals surface area contributed by atoms with Crippen LogP contribution in [0.3, 0.4) is 0 Å². The number of ether oxygens (including phenoxy) is 2. The average molecular weight is 360 g/mol. The van der Waals surface area contributed by atoms with Gasteiger partial charge in [0, 0.05) is 11.5 Å². The molecule has 0 radical (unpaired) electrons. The van der Waals surface area contributed by atoms with Crippen LogP contribution in [-0.4, -0.2) is 25.3 Å². The zero-order valence-electron chi connectivity index (χ0n) is 16.2. The summed E-state index contributed by atoms with van der Waals surface area (Å²) in [6.45, 7) is 6.48. The SMILES string of the molecule is CCCC(CC)(CC)c1cc(NC(=O)c2c(OC)cccc2OC)on1. The third kappa shape index (κ3) is 3.84. The van der Waals surface area contributed by atoms with Gasteiger partial charge in [0.2, 0.25) is 5.88 Å². The van der Waals surface area contributed by atoms with Gasteiger partial charge in [0.1, 0.15) is 17.1 Å². The van der Waals surface area contributed by atoms with Gasteiger partial charge in [-0.3, -0.25) is 10.1 Å². The van der Waals surface area contributed by atoms with E-state index in [1.807, 2.05) is 6.07 Å². The first-order valence-electron chi connectivity index (χ1n) is 9.04. The van der Waals surface area contributed by atoms with E-state index in [9.17, 15) is 4.79 Å². The standard InChI is InChI=1S/C20H28N2O4/c1-6-12-20(7-2,8-3)16-13-17(26-22-16)21-19(23)18-14(24-4)10-9-11-15(18)25-5/h9-11,13H,6-8,12H2,1-5H3,(H,21,23). The van der Waals surface area contributed by atoms with Gasteiger partial charge in [0.05, 0.1) is 19.9 Å². The van der Waals surface area contributed by atoms with Crippen molar-refractivity contribution in [2.24, 2.45) is 0 Å². The van der Waals surface area contributed by atoms with Gasteiger partial charge >= 0.3 is 0 Å². The first-order valence-corrected chi connectivity index (χ1v) is 9.04. The van der Waals surface area contributed by atoms with Crippen LogP contribution < -0.4 is 14.8 Å². The van der Waals surface area contributed by atoms with Crippen LogP contribution in [0.15, 0.2) is 28.8 Å². The molecule has 2 aromatic rings. The second-order valence-corrected chi connectivity index (χ2v) is 6.31. The van der Waals surface area contributed by atoms with E-state index in [-0.39, 0.29) is 11.3 Å². The Labute approximate surface area is 154 Å². The zero-order chi connectivity index (χ0) is 19.2. The van der Waals surface area contributed by atoms with Crippen LogP contribution in [0.5, 0.6) is 11.5 Å². The predicted octanol–water partition coefficient (Wildman–Crippen LogP) is 4.80. The van der Waals surface area contributed by atoms with Crippen LogP contribution in [0, 0.1) is 0 Å². The van der Waals surface area contributed by atoms with Crippen molar-refractivity contribution in [1.29, 1.82) is 0 Å². The largest absolute Gasteiger partial charge is 0.496 e. The Balaban J connectivity index is 2.28. The minimum Gasteiger partial charge on any atom is -0.496 e. The molecule has 0 bridgehead atoms.